The van der Waals surface area contributed by atoms with Gasteiger partial charge in [0, 0.05) is 32.3 Å². The van der Waals surface area contributed by atoms with Crippen molar-refractivity contribution in [3.8, 4) is 5.75 Å². The number of rotatable bonds is 17. The van der Waals surface area contributed by atoms with E-state index in [4.69, 9.17) is 32.5 Å². The van der Waals surface area contributed by atoms with Crippen LogP contribution in [0.2, 0.25) is 36.3 Å². The molecule has 0 aromatic heterocycles. The first-order valence-corrected chi connectivity index (χ1v) is 24.8. The Morgan fingerprint density at radius 3 is 2.20 bits per heavy atom. The molecule has 3 heterocycles. The number of aliphatic hydroxyl groups excluding tert-OH is 2. The van der Waals surface area contributed by atoms with E-state index in [1.54, 1.807) is 7.11 Å². The second kappa shape index (κ2) is 17.5. The van der Waals surface area contributed by atoms with Crippen LogP contribution < -0.4 is 4.74 Å². The molecule has 2 N–H and O–H groups in total. The Kier molecular flexibility index (Phi) is 14.7. The van der Waals surface area contributed by atoms with Crippen molar-refractivity contribution in [2.75, 3.05) is 20.3 Å². The van der Waals surface area contributed by atoms with Crippen LogP contribution in [0.25, 0.3) is 0 Å². The van der Waals surface area contributed by atoms with E-state index in [2.05, 4.69) is 80.6 Å². The van der Waals surface area contributed by atoms with Gasteiger partial charge in [-0.15, -0.1) is 0 Å². The fraction of sp³-hybridized carbons (Fsp3) is 0.846. The molecule has 3 saturated heterocycles. The van der Waals surface area contributed by atoms with Crippen LogP contribution in [0.4, 0.5) is 0 Å². The first-order chi connectivity index (χ1) is 23.5. The maximum Gasteiger partial charge on any atom is 0.192 e. The van der Waals surface area contributed by atoms with Gasteiger partial charge >= 0.3 is 0 Å². The van der Waals surface area contributed by atoms with Crippen LogP contribution in [0.1, 0.15) is 93.1 Å². The first-order valence-electron chi connectivity index (χ1n) is 19.4. The third kappa shape index (κ3) is 10.0. The lowest BCUT2D eigenvalue weighted by Gasteiger charge is -2.52. The summed E-state index contributed by atoms with van der Waals surface area (Å²) in [4.78, 5) is 0. The third-order valence-electron chi connectivity index (χ3n) is 12.4. The highest BCUT2D eigenvalue weighted by molar-refractivity contribution is 6.74. The molecule has 1 aromatic carbocycles. The lowest BCUT2D eigenvalue weighted by atomic mass is 9.79. The Hall–Kier alpha value is -0.866. The Balaban J connectivity index is 1.52. The third-order valence-corrected chi connectivity index (χ3v) is 21.6. The van der Waals surface area contributed by atoms with Gasteiger partial charge in [0.1, 0.15) is 5.75 Å². The molecule has 50 heavy (non-hydrogen) atoms. The zero-order valence-electron chi connectivity index (χ0n) is 33.0. The Morgan fingerprint density at radius 1 is 0.980 bits per heavy atom. The summed E-state index contributed by atoms with van der Waals surface area (Å²) in [5.74, 6) is 0.495. The molecular weight excluding hydrogens is 669 g/mol. The molecule has 1 spiro atoms. The van der Waals surface area contributed by atoms with Crippen LogP contribution in [0.3, 0.4) is 0 Å². The molecule has 288 valence electrons. The molecule has 1 unspecified atom stereocenters. The lowest BCUT2D eigenvalue weighted by molar-refractivity contribution is -0.357. The minimum atomic E-state index is -2.00. The Labute approximate surface area is 305 Å². The van der Waals surface area contributed by atoms with Crippen molar-refractivity contribution in [2.24, 2.45) is 11.8 Å². The summed E-state index contributed by atoms with van der Waals surface area (Å²) in [7, 11) is -2.27. The fourth-order valence-corrected chi connectivity index (χ4v) is 12.0. The summed E-state index contributed by atoms with van der Waals surface area (Å²) in [5, 5.41) is 20.4. The molecule has 10 atom stereocenters. The second-order valence-corrected chi connectivity index (χ2v) is 26.5. The average molecular weight is 739 g/mol. The summed E-state index contributed by atoms with van der Waals surface area (Å²) >= 11 is 0. The van der Waals surface area contributed by atoms with Gasteiger partial charge in [-0.05, 0) is 72.2 Å². The van der Waals surface area contributed by atoms with E-state index in [9.17, 15) is 10.2 Å². The summed E-state index contributed by atoms with van der Waals surface area (Å²) in [6.45, 7) is 23.4. The highest BCUT2D eigenvalue weighted by Crippen LogP contribution is 2.49. The van der Waals surface area contributed by atoms with E-state index >= 15 is 0 Å². The van der Waals surface area contributed by atoms with Crippen molar-refractivity contribution in [2.45, 2.75) is 179 Å². The largest absolute Gasteiger partial charge is 0.497 e. The van der Waals surface area contributed by atoms with Gasteiger partial charge in [0.05, 0.1) is 63.1 Å². The number of hydrogen-bond acceptors (Lipinski definition) is 9. The van der Waals surface area contributed by atoms with Gasteiger partial charge in [-0.25, -0.2) is 0 Å². The number of aliphatic hydroxyl groups is 2. The van der Waals surface area contributed by atoms with Gasteiger partial charge in [-0.1, -0.05) is 67.5 Å². The molecule has 0 amide bonds. The van der Waals surface area contributed by atoms with Crippen LogP contribution in [-0.4, -0.2) is 95.7 Å². The number of hydrogen-bond donors (Lipinski definition) is 2. The highest BCUT2D eigenvalue weighted by atomic mass is 28.4. The smallest absolute Gasteiger partial charge is 0.192 e. The normalized spacial score (nSPS) is 31.8. The number of methoxy groups -OCH3 is 1. The molecule has 3 fully saturated rings. The van der Waals surface area contributed by atoms with Crippen LogP contribution in [0.5, 0.6) is 5.75 Å². The maximum atomic E-state index is 10.6. The SMILES string of the molecule is CC[Si](CC)(CC)O[C@@H](CC(O)CO)[C@@H]1C[C@@H]2O[C@]3(C[C@H](C)[C@H](OCc4ccc(OC)cc4)[C@H](CCO[Si](C)(C)C(C)(C)C)O3)C[C@H](C)[C@@H]2O1. The van der Waals surface area contributed by atoms with E-state index < -0.39 is 28.5 Å². The number of ether oxygens (including phenoxy) is 5. The molecule has 0 saturated carbocycles. The van der Waals surface area contributed by atoms with E-state index in [-0.39, 0.29) is 60.1 Å². The van der Waals surface area contributed by atoms with Crippen LogP contribution >= 0.6 is 0 Å². The first kappa shape index (κ1) is 41.9. The Morgan fingerprint density at radius 2 is 1.62 bits per heavy atom. The van der Waals surface area contributed by atoms with Gasteiger partial charge in [0.15, 0.2) is 22.4 Å². The van der Waals surface area contributed by atoms with Crippen molar-refractivity contribution in [3.05, 3.63) is 29.8 Å². The van der Waals surface area contributed by atoms with Crippen molar-refractivity contribution < 1.29 is 42.7 Å². The molecule has 0 bridgehead atoms. The summed E-state index contributed by atoms with van der Waals surface area (Å²) in [6.07, 6.45) is 1.36. The predicted molar refractivity (Wildman–Crippen MR) is 202 cm³/mol. The lowest BCUT2D eigenvalue weighted by Crippen LogP contribution is -2.59. The van der Waals surface area contributed by atoms with E-state index in [0.717, 1.165) is 48.7 Å². The molecule has 3 aliphatic rings. The molecule has 1 aromatic rings. The van der Waals surface area contributed by atoms with E-state index in [0.29, 0.717) is 26.1 Å². The monoisotopic (exact) mass is 738 g/mol. The second-order valence-electron chi connectivity index (χ2n) is 17.0. The van der Waals surface area contributed by atoms with Gasteiger partial charge in [0.2, 0.25) is 0 Å². The summed E-state index contributed by atoms with van der Waals surface area (Å²) in [5.41, 5.74) is 1.10. The van der Waals surface area contributed by atoms with Crippen molar-refractivity contribution in [1.29, 1.82) is 0 Å². The quantitative estimate of drug-likeness (QED) is 0.155. The van der Waals surface area contributed by atoms with Gasteiger partial charge in [0.25, 0.3) is 0 Å². The van der Waals surface area contributed by atoms with E-state index in [1.807, 2.05) is 12.1 Å². The van der Waals surface area contributed by atoms with Gasteiger partial charge in [-0.3, -0.25) is 0 Å². The maximum absolute atomic E-state index is 10.6. The average Bonchev–Trinajstić information content (AvgIpc) is 3.50. The predicted octanol–water partition coefficient (Wildman–Crippen LogP) is 7.83. The minimum Gasteiger partial charge on any atom is -0.497 e. The minimum absolute atomic E-state index is 0.0766. The molecule has 0 radical (unpaired) electrons. The highest BCUT2D eigenvalue weighted by Gasteiger charge is 2.57. The van der Waals surface area contributed by atoms with Gasteiger partial charge < -0.3 is 42.7 Å². The zero-order chi connectivity index (χ0) is 36.9. The van der Waals surface area contributed by atoms with Crippen molar-refractivity contribution in [3.63, 3.8) is 0 Å². The molecule has 3 aliphatic heterocycles. The summed E-state index contributed by atoms with van der Waals surface area (Å²) < 4.78 is 46.6. The van der Waals surface area contributed by atoms with Crippen LogP contribution in [0, 0.1) is 11.8 Å². The van der Waals surface area contributed by atoms with Gasteiger partial charge in [-0.2, -0.15) is 0 Å². The molecular formula is C39H70O9Si2. The topological polar surface area (TPSA) is 105 Å². The van der Waals surface area contributed by atoms with Crippen LogP contribution in [0.15, 0.2) is 24.3 Å². The molecule has 0 aliphatic carbocycles. The van der Waals surface area contributed by atoms with Crippen LogP contribution in [-0.2, 0) is 34.4 Å². The fourth-order valence-electron chi connectivity index (χ4n) is 8.06. The van der Waals surface area contributed by atoms with Crippen molar-refractivity contribution in [1.82, 2.24) is 0 Å². The molecule has 9 nitrogen and oxygen atoms in total. The zero-order valence-corrected chi connectivity index (χ0v) is 35.0. The van der Waals surface area contributed by atoms with Crippen molar-refractivity contribution >= 4 is 16.6 Å². The molecule has 4 rings (SSSR count). The summed E-state index contributed by atoms with van der Waals surface area (Å²) in [6, 6.07) is 11.1. The molecule has 11 heteroatoms. The number of benzene rings is 1. The van der Waals surface area contributed by atoms with E-state index in [1.165, 1.54) is 0 Å². The Bertz CT molecular complexity index is 1160. The number of fused-ring (bicyclic) bond motifs is 1. The standard InChI is InChI=1S/C39H70O9Si2/c1-12-50(13-2,14-3)48-34(21-30(41)25-40)33-22-35-37(45-33)28(5)24-39(47-35)23-27(4)36(43-26-29-15-17-31(42-9)18-16-29)32(46-39)19-20-44-49(10,11)38(6,7)8/h15-18,27-28,30,32-37,40-41H,12-14,19-26H2,1-11H3/t27-,28-,30?,32-,33-,34-,35-,36-,37-,39+/m0/s1.